The number of hydrogen-bond donors (Lipinski definition) is 2. The van der Waals surface area contributed by atoms with Crippen LogP contribution in [0.15, 0.2) is 4.99 Å². The molecule has 2 rings (SSSR count). The molecule has 2 aliphatic rings. The maximum Gasteiger partial charge on any atom is 0.225 e. The standard InChI is InChI=1S/C19H37N5O.HI/c1-5-17(23-10-7-8-11-23)13-21-19(20-6-2)22-16-9-12-24(14-16)18(25)15(3)4;/h15-17H,5-14H2,1-4H3,(H2,20,21,22);1H. The lowest BCUT2D eigenvalue weighted by Gasteiger charge is -2.25. The number of halogens is 1. The molecule has 0 aliphatic carbocycles. The van der Waals surface area contributed by atoms with E-state index in [4.69, 9.17) is 4.99 Å². The number of carbonyl (C=O) groups is 1. The molecule has 2 unspecified atom stereocenters. The Morgan fingerprint density at radius 1 is 1.19 bits per heavy atom. The number of rotatable bonds is 7. The van der Waals surface area contributed by atoms with E-state index in [9.17, 15) is 4.79 Å². The first-order chi connectivity index (χ1) is 12.0. The van der Waals surface area contributed by atoms with E-state index in [1.807, 2.05) is 18.7 Å². The van der Waals surface area contributed by atoms with Gasteiger partial charge < -0.3 is 15.5 Å². The molecule has 26 heavy (non-hydrogen) atoms. The number of likely N-dealkylation sites (tertiary alicyclic amines) is 2. The minimum atomic E-state index is 0. The van der Waals surface area contributed by atoms with E-state index in [0.717, 1.165) is 45.0 Å². The van der Waals surface area contributed by atoms with Gasteiger partial charge >= 0.3 is 0 Å². The third-order valence-electron chi connectivity index (χ3n) is 5.27. The van der Waals surface area contributed by atoms with Gasteiger partial charge in [0.2, 0.25) is 5.91 Å². The Kier molecular flexibility index (Phi) is 10.8. The predicted octanol–water partition coefficient (Wildman–Crippen LogP) is 2.29. The predicted molar refractivity (Wildman–Crippen MR) is 119 cm³/mol. The van der Waals surface area contributed by atoms with Crippen molar-refractivity contribution in [3.8, 4) is 0 Å². The maximum absolute atomic E-state index is 12.1. The molecule has 2 aliphatic heterocycles. The normalized spacial score (nSPS) is 22.4. The van der Waals surface area contributed by atoms with E-state index >= 15 is 0 Å². The van der Waals surface area contributed by atoms with Crippen LogP contribution in [-0.2, 0) is 4.79 Å². The van der Waals surface area contributed by atoms with E-state index in [1.165, 1.54) is 25.9 Å². The van der Waals surface area contributed by atoms with E-state index in [-0.39, 0.29) is 35.8 Å². The van der Waals surface area contributed by atoms with Crippen LogP contribution in [0.3, 0.4) is 0 Å². The van der Waals surface area contributed by atoms with Gasteiger partial charge in [0, 0.05) is 37.6 Å². The molecule has 2 saturated heterocycles. The largest absolute Gasteiger partial charge is 0.357 e. The molecule has 2 fully saturated rings. The van der Waals surface area contributed by atoms with Crippen LogP contribution in [-0.4, -0.2) is 73.0 Å². The van der Waals surface area contributed by atoms with Gasteiger partial charge in [-0.05, 0) is 45.7 Å². The van der Waals surface area contributed by atoms with Crippen LogP contribution in [0.4, 0.5) is 0 Å². The number of carbonyl (C=O) groups excluding carboxylic acids is 1. The molecule has 0 aromatic rings. The van der Waals surface area contributed by atoms with Crippen molar-refractivity contribution in [3.63, 3.8) is 0 Å². The van der Waals surface area contributed by atoms with Crippen LogP contribution in [0.25, 0.3) is 0 Å². The Labute approximate surface area is 176 Å². The Morgan fingerprint density at radius 3 is 2.46 bits per heavy atom. The van der Waals surface area contributed by atoms with Gasteiger partial charge in [0.1, 0.15) is 0 Å². The van der Waals surface area contributed by atoms with Crippen LogP contribution in [0, 0.1) is 5.92 Å². The highest BCUT2D eigenvalue weighted by molar-refractivity contribution is 14.0. The van der Waals surface area contributed by atoms with Crippen molar-refractivity contribution >= 4 is 35.8 Å². The monoisotopic (exact) mass is 479 g/mol. The second-order valence-corrected chi connectivity index (χ2v) is 7.59. The molecule has 0 radical (unpaired) electrons. The van der Waals surface area contributed by atoms with Crippen LogP contribution in [0.5, 0.6) is 0 Å². The van der Waals surface area contributed by atoms with Gasteiger partial charge in [0.15, 0.2) is 5.96 Å². The van der Waals surface area contributed by atoms with Crippen LogP contribution >= 0.6 is 24.0 Å². The zero-order chi connectivity index (χ0) is 18.2. The molecule has 6 nitrogen and oxygen atoms in total. The number of amides is 1. The molecule has 0 bridgehead atoms. The molecule has 2 heterocycles. The molecule has 2 N–H and O–H groups in total. The minimum absolute atomic E-state index is 0. The number of nitrogens with one attached hydrogen (secondary N) is 2. The van der Waals surface area contributed by atoms with Crippen molar-refractivity contribution in [3.05, 3.63) is 0 Å². The zero-order valence-electron chi connectivity index (χ0n) is 17.0. The van der Waals surface area contributed by atoms with Crippen LogP contribution in [0.1, 0.15) is 53.4 Å². The smallest absolute Gasteiger partial charge is 0.225 e. The fourth-order valence-corrected chi connectivity index (χ4v) is 3.76. The van der Waals surface area contributed by atoms with E-state index in [0.29, 0.717) is 12.1 Å². The molecule has 0 spiro atoms. The van der Waals surface area contributed by atoms with Crippen molar-refractivity contribution in [2.45, 2.75) is 65.5 Å². The summed E-state index contributed by atoms with van der Waals surface area (Å²) in [6.07, 6.45) is 4.77. The lowest BCUT2D eigenvalue weighted by molar-refractivity contribution is -0.133. The Morgan fingerprint density at radius 2 is 1.88 bits per heavy atom. The first-order valence-electron chi connectivity index (χ1n) is 10.1. The number of guanidine groups is 1. The molecule has 152 valence electrons. The molecule has 1 amide bonds. The summed E-state index contributed by atoms with van der Waals surface area (Å²) in [5.41, 5.74) is 0. The number of aliphatic imine (C=N–C) groups is 1. The van der Waals surface area contributed by atoms with Gasteiger partial charge in [-0.2, -0.15) is 0 Å². The summed E-state index contributed by atoms with van der Waals surface area (Å²) in [5, 5.41) is 6.90. The average molecular weight is 479 g/mol. The second kappa shape index (κ2) is 12.0. The van der Waals surface area contributed by atoms with Crippen LogP contribution in [0.2, 0.25) is 0 Å². The lowest BCUT2D eigenvalue weighted by atomic mass is 10.2. The summed E-state index contributed by atoms with van der Waals surface area (Å²) < 4.78 is 0. The Bertz CT molecular complexity index is 451. The van der Waals surface area contributed by atoms with Gasteiger partial charge in [-0.3, -0.25) is 14.7 Å². The summed E-state index contributed by atoms with van der Waals surface area (Å²) in [4.78, 5) is 21.5. The van der Waals surface area contributed by atoms with Gasteiger partial charge in [0.05, 0.1) is 6.54 Å². The summed E-state index contributed by atoms with van der Waals surface area (Å²) in [6, 6.07) is 0.841. The first kappa shape index (κ1) is 23.5. The molecular formula is C19H38IN5O. The highest BCUT2D eigenvalue weighted by Gasteiger charge is 2.28. The first-order valence-corrected chi connectivity index (χ1v) is 10.1. The van der Waals surface area contributed by atoms with Crippen molar-refractivity contribution < 1.29 is 4.79 Å². The molecule has 2 atom stereocenters. The Hall–Kier alpha value is -0.570. The molecular weight excluding hydrogens is 441 g/mol. The topological polar surface area (TPSA) is 60.0 Å². The maximum atomic E-state index is 12.1. The highest BCUT2D eigenvalue weighted by atomic mass is 127. The van der Waals surface area contributed by atoms with Gasteiger partial charge in [0.25, 0.3) is 0 Å². The van der Waals surface area contributed by atoms with Crippen molar-refractivity contribution in [1.29, 1.82) is 0 Å². The quantitative estimate of drug-likeness (QED) is 0.334. The summed E-state index contributed by atoms with van der Waals surface area (Å²) in [5.74, 6) is 1.22. The molecule has 0 aromatic heterocycles. The summed E-state index contributed by atoms with van der Waals surface area (Å²) >= 11 is 0. The van der Waals surface area contributed by atoms with Crippen LogP contribution < -0.4 is 10.6 Å². The fourth-order valence-electron chi connectivity index (χ4n) is 3.76. The summed E-state index contributed by atoms with van der Waals surface area (Å²) in [6.45, 7) is 14.0. The molecule has 0 aromatic carbocycles. The SMILES string of the molecule is CCNC(=NCC(CC)N1CCCC1)NC1CCN(C(=O)C(C)C)C1.I. The zero-order valence-corrected chi connectivity index (χ0v) is 19.3. The van der Waals surface area contributed by atoms with Crippen molar-refractivity contribution in [2.75, 3.05) is 39.3 Å². The molecule has 7 heteroatoms. The number of nitrogens with zero attached hydrogens (tertiary/aromatic N) is 3. The van der Waals surface area contributed by atoms with E-state index < -0.39 is 0 Å². The average Bonchev–Trinajstić information content (AvgIpc) is 3.26. The van der Waals surface area contributed by atoms with Crippen molar-refractivity contribution in [2.24, 2.45) is 10.9 Å². The van der Waals surface area contributed by atoms with Gasteiger partial charge in [-0.15, -0.1) is 24.0 Å². The van der Waals surface area contributed by atoms with E-state index in [2.05, 4.69) is 29.4 Å². The Balaban J connectivity index is 0.00000338. The number of hydrogen-bond acceptors (Lipinski definition) is 3. The summed E-state index contributed by atoms with van der Waals surface area (Å²) in [7, 11) is 0. The minimum Gasteiger partial charge on any atom is -0.357 e. The van der Waals surface area contributed by atoms with Gasteiger partial charge in [-0.1, -0.05) is 20.8 Å². The highest BCUT2D eigenvalue weighted by Crippen LogP contribution is 2.15. The third-order valence-corrected chi connectivity index (χ3v) is 5.27. The lowest BCUT2D eigenvalue weighted by Crippen LogP contribution is -2.46. The fraction of sp³-hybridized carbons (Fsp3) is 0.895. The molecule has 0 saturated carbocycles. The van der Waals surface area contributed by atoms with Crippen molar-refractivity contribution in [1.82, 2.24) is 20.4 Å². The third kappa shape index (κ3) is 6.87. The second-order valence-electron chi connectivity index (χ2n) is 7.59. The van der Waals surface area contributed by atoms with E-state index in [1.54, 1.807) is 0 Å². The van der Waals surface area contributed by atoms with Gasteiger partial charge in [-0.25, -0.2) is 0 Å².